The monoisotopic (exact) mass is 408 g/mol. The maximum Gasteiger partial charge on any atom is 0.240 e. The summed E-state index contributed by atoms with van der Waals surface area (Å²) in [5.74, 6) is -0.176. The number of fused-ring (bicyclic) bond motifs is 1. The predicted molar refractivity (Wildman–Crippen MR) is 113 cm³/mol. The molecule has 1 aliphatic heterocycles. The summed E-state index contributed by atoms with van der Waals surface area (Å²) in [6.45, 7) is 1.47. The highest BCUT2D eigenvalue weighted by Gasteiger charge is 2.32. The van der Waals surface area contributed by atoms with Gasteiger partial charge in [-0.15, -0.1) is 0 Å². The third-order valence-corrected chi connectivity index (χ3v) is 5.37. The van der Waals surface area contributed by atoms with Gasteiger partial charge < -0.3 is 0 Å². The van der Waals surface area contributed by atoms with Gasteiger partial charge in [-0.2, -0.15) is 5.10 Å². The summed E-state index contributed by atoms with van der Waals surface area (Å²) in [4.78, 5) is 16.6. The molecule has 1 aromatic heterocycles. The number of hydrogen-bond acceptors (Lipinski definition) is 5. The van der Waals surface area contributed by atoms with E-state index in [4.69, 9.17) is 0 Å². The zero-order valence-corrected chi connectivity index (χ0v) is 16.8. The van der Waals surface area contributed by atoms with E-state index in [0.29, 0.717) is 23.4 Å². The SMILES string of the molecule is CC(=O)N1N=C(c2ccccc2NS(C)(=O)=O)C[C@H]1c1ccc2ncccc2c1. The van der Waals surface area contributed by atoms with E-state index in [1.165, 1.54) is 11.9 Å². The van der Waals surface area contributed by atoms with Crippen LogP contribution in [0.2, 0.25) is 0 Å². The van der Waals surface area contributed by atoms with Crippen molar-refractivity contribution in [3.8, 4) is 0 Å². The van der Waals surface area contributed by atoms with Crippen molar-refractivity contribution < 1.29 is 13.2 Å². The molecule has 0 spiro atoms. The first kappa shape index (κ1) is 19.1. The van der Waals surface area contributed by atoms with E-state index in [9.17, 15) is 13.2 Å². The highest BCUT2D eigenvalue weighted by Crippen LogP contribution is 2.35. The van der Waals surface area contributed by atoms with Crippen molar-refractivity contribution in [2.45, 2.75) is 19.4 Å². The molecule has 0 fully saturated rings. The number of pyridine rings is 1. The fraction of sp³-hybridized carbons (Fsp3) is 0.190. The smallest absolute Gasteiger partial charge is 0.240 e. The van der Waals surface area contributed by atoms with E-state index in [1.54, 1.807) is 24.4 Å². The topological polar surface area (TPSA) is 91.7 Å². The normalized spacial score (nSPS) is 16.7. The number of benzene rings is 2. The number of nitrogens with zero attached hydrogens (tertiary/aromatic N) is 3. The number of rotatable bonds is 4. The Kier molecular flexibility index (Phi) is 4.79. The summed E-state index contributed by atoms with van der Waals surface area (Å²) < 4.78 is 26.0. The number of nitrogens with one attached hydrogen (secondary N) is 1. The van der Waals surface area contributed by atoms with Gasteiger partial charge in [0.2, 0.25) is 15.9 Å². The second-order valence-corrected chi connectivity index (χ2v) is 8.75. The molecule has 7 nitrogen and oxygen atoms in total. The van der Waals surface area contributed by atoms with E-state index in [-0.39, 0.29) is 11.9 Å². The van der Waals surface area contributed by atoms with Gasteiger partial charge in [0, 0.05) is 30.5 Å². The Morgan fingerprint density at radius 1 is 1.14 bits per heavy atom. The average Bonchev–Trinajstić information content (AvgIpc) is 3.12. The minimum Gasteiger partial charge on any atom is -0.283 e. The lowest BCUT2D eigenvalue weighted by Crippen LogP contribution is -2.24. The molecule has 2 aromatic carbocycles. The lowest BCUT2D eigenvalue weighted by atomic mass is 9.96. The summed E-state index contributed by atoms with van der Waals surface area (Å²) >= 11 is 0. The van der Waals surface area contributed by atoms with Crippen molar-refractivity contribution in [1.82, 2.24) is 9.99 Å². The summed E-state index contributed by atoms with van der Waals surface area (Å²) in [6.07, 6.45) is 3.33. The summed E-state index contributed by atoms with van der Waals surface area (Å²) in [7, 11) is -3.44. The third-order valence-electron chi connectivity index (χ3n) is 4.78. The molecule has 29 heavy (non-hydrogen) atoms. The molecule has 1 atom stereocenters. The average molecular weight is 408 g/mol. The van der Waals surface area contributed by atoms with Gasteiger partial charge in [0.05, 0.1) is 29.2 Å². The molecule has 1 amide bonds. The van der Waals surface area contributed by atoms with Crippen LogP contribution in [0.4, 0.5) is 5.69 Å². The molecule has 3 aromatic rings. The lowest BCUT2D eigenvalue weighted by molar-refractivity contribution is -0.130. The zero-order chi connectivity index (χ0) is 20.6. The Morgan fingerprint density at radius 2 is 1.93 bits per heavy atom. The highest BCUT2D eigenvalue weighted by molar-refractivity contribution is 7.92. The highest BCUT2D eigenvalue weighted by atomic mass is 32.2. The largest absolute Gasteiger partial charge is 0.283 e. The molecule has 148 valence electrons. The van der Waals surface area contributed by atoms with Crippen molar-refractivity contribution >= 4 is 38.2 Å². The number of para-hydroxylation sites is 1. The number of amides is 1. The predicted octanol–water partition coefficient (Wildman–Crippen LogP) is 3.30. The number of hydrazone groups is 1. The Bertz CT molecular complexity index is 1240. The van der Waals surface area contributed by atoms with Crippen LogP contribution in [0, 0.1) is 0 Å². The molecular weight excluding hydrogens is 388 g/mol. The van der Waals surface area contributed by atoms with Gasteiger partial charge in [-0.3, -0.25) is 14.5 Å². The molecule has 8 heteroatoms. The van der Waals surface area contributed by atoms with Crippen molar-refractivity contribution in [1.29, 1.82) is 0 Å². The van der Waals surface area contributed by atoms with Crippen LogP contribution in [-0.4, -0.2) is 36.3 Å². The van der Waals surface area contributed by atoms with Gasteiger partial charge in [0.15, 0.2) is 0 Å². The van der Waals surface area contributed by atoms with E-state index in [2.05, 4.69) is 14.8 Å². The first-order valence-corrected chi connectivity index (χ1v) is 11.0. The van der Waals surface area contributed by atoms with E-state index >= 15 is 0 Å². The Balaban J connectivity index is 1.73. The van der Waals surface area contributed by atoms with Crippen molar-refractivity contribution in [3.63, 3.8) is 0 Å². The lowest BCUT2D eigenvalue weighted by Gasteiger charge is -2.20. The minimum absolute atomic E-state index is 0.176. The van der Waals surface area contributed by atoms with Gasteiger partial charge in [0.25, 0.3) is 0 Å². The molecule has 0 bridgehead atoms. The molecule has 0 aliphatic carbocycles. The first-order valence-electron chi connectivity index (χ1n) is 9.11. The molecule has 1 N–H and O–H groups in total. The maximum absolute atomic E-state index is 12.3. The van der Waals surface area contributed by atoms with E-state index in [0.717, 1.165) is 22.7 Å². The van der Waals surface area contributed by atoms with E-state index in [1.807, 2.05) is 36.4 Å². The standard InChI is InChI=1S/C21H20N4O3S/c1-14(26)25-21(16-9-10-18-15(12-16)6-5-11-22-18)13-20(23-25)17-7-3-4-8-19(17)24-29(2,27)28/h3-12,21,24H,13H2,1-2H3/t21-/m0/s1. The van der Waals surface area contributed by atoms with Crippen LogP contribution in [0.15, 0.2) is 65.9 Å². The molecular formula is C21H20N4O3S. The van der Waals surface area contributed by atoms with Gasteiger partial charge >= 0.3 is 0 Å². The molecule has 0 saturated carbocycles. The van der Waals surface area contributed by atoms with Crippen LogP contribution in [0.3, 0.4) is 0 Å². The van der Waals surface area contributed by atoms with Gasteiger partial charge in [-0.05, 0) is 29.8 Å². The van der Waals surface area contributed by atoms with Crippen LogP contribution in [0.25, 0.3) is 10.9 Å². The number of hydrogen-bond donors (Lipinski definition) is 1. The maximum atomic E-state index is 12.3. The van der Waals surface area contributed by atoms with Crippen LogP contribution < -0.4 is 4.72 Å². The zero-order valence-electron chi connectivity index (χ0n) is 16.0. The molecule has 4 rings (SSSR count). The molecule has 1 aliphatic rings. The fourth-order valence-electron chi connectivity index (χ4n) is 3.55. The van der Waals surface area contributed by atoms with Crippen molar-refractivity contribution in [2.24, 2.45) is 5.10 Å². The molecule has 0 saturated heterocycles. The quantitative estimate of drug-likeness (QED) is 0.717. The fourth-order valence-corrected chi connectivity index (χ4v) is 4.13. The van der Waals surface area contributed by atoms with Gasteiger partial charge in [0.1, 0.15) is 0 Å². The number of carbonyl (C=O) groups is 1. The minimum atomic E-state index is -3.44. The summed E-state index contributed by atoms with van der Waals surface area (Å²) in [6, 6.07) is 16.5. The van der Waals surface area contributed by atoms with Crippen LogP contribution in [0.5, 0.6) is 0 Å². The summed E-state index contributed by atoms with van der Waals surface area (Å²) in [5, 5.41) is 6.99. The molecule has 2 heterocycles. The Morgan fingerprint density at radius 3 is 2.69 bits per heavy atom. The molecule has 0 unspecified atom stereocenters. The first-order chi connectivity index (χ1) is 13.8. The van der Waals surface area contributed by atoms with Crippen LogP contribution in [0.1, 0.15) is 30.5 Å². The van der Waals surface area contributed by atoms with Gasteiger partial charge in [-0.25, -0.2) is 13.4 Å². The number of aromatic nitrogens is 1. The van der Waals surface area contributed by atoms with E-state index < -0.39 is 10.0 Å². The Hall–Kier alpha value is -3.26. The second kappa shape index (κ2) is 7.29. The number of sulfonamides is 1. The van der Waals surface area contributed by atoms with Crippen molar-refractivity contribution in [3.05, 3.63) is 71.9 Å². The second-order valence-electron chi connectivity index (χ2n) is 7.01. The number of anilines is 1. The summed E-state index contributed by atoms with van der Waals surface area (Å²) in [5.41, 5.74) is 3.60. The third kappa shape index (κ3) is 3.97. The van der Waals surface area contributed by atoms with Crippen LogP contribution in [-0.2, 0) is 14.8 Å². The van der Waals surface area contributed by atoms with Gasteiger partial charge in [-0.1, -0.05) is 30.3 Å². The number of carbonyl (C=O) groups excluding carboxylic acids is 1. The Labute approximate surface area is 169 Å². The van der Waals surface area contributed by atoms with Crippen LogP contribution >= 0.6 is 0 Å². The molecule has 0 radical (unpaired) electrons. The van der Waals surface area contributed by atoms with Crippen molar-refractivity contribution in [2.75, 3.05) is 11.0 Å².